The number of hydrogen-bond donors (Lipinski definition) is 1. The third-order valence-electron chi connectivity index (χ3n) is 1.97. The molecule has 3 heteroatoms. The minimum atomic E-state index is 0.266. The van der Waals surface area contributed by atoms with Gasteiger partial charge in [-0.2, -0.15) is 0 Å². The molecular weight excluding hydrogens is 186 g/mol. The number of nitrogens with zero attached hydrogens (tertiary/aromatic N) is 1. The molecule has 0 saturated heterocycles. The molecule has 0 atom stereocenters. The van der Waals surface area contributed by atoms with Crippen molar-refractivity contribution in [1.82, 2.24) is 4.98 Å². The maximum atomic E-state index is 9.41. The van der Waals surface area contributed by atoms with E-state index in [4.69, 9.17) is 11.6 Å². The van der Waals surface area contributed by atoms with Crippen LogP contribution in [0, 0.1) is 6.92 Å². The summed E-state index contributed by atoms with van der Waals surface area (Å²) < 4.78 is 0. The molecule has 0 fully saturated rings. The molecule has 0 aliphatic heterocycles. The Hall–Kier alpha value is -1.28. The van der Waals surface area contributed by atoms with Crippen molar-refractivity contribution in [3.8, 4) is 5.75 Å². The van der Waals surface area contributed by atoms with Crippen LogP contribution in [0.1, 0.15) is 5.56 Å². The predicted octanol–water partition coefficient (Wildman–Crippen LogP) is 2.90. The minimum Gasteiger partial charge on any atom is -0.508 e. The lowest BCUT2D eigenvalue weighted by molar-refractivity contribution is 0.472. The van der Waals surface area contributed by atoms with Gasteiger partial charge in [0.05, 0.1) is 10.5 Å². The van der Waals surface area contributed by atoms with Gasteiger partial charge < -0.3 is 5.11 Å². The van der Waals surface area contributed by atoms with E-state index in [1.807, 2.05) is 19.1 Å². The number of aryl methyl sites for hydroxylation is 1. The highest BCUT2D eigenvalue weighted by molar-refractivity contribution is 6.31. The topological polar surface area (TPSA) is 33.1 Å². The molecule has 2 nitrogen and oxygen atoms in total. The Morgan fingerprint density at radius 1 is 1.31 bits per heavy atom. The molecule has 1 aromatic carbocycles. The van der Waals surface area contributed by atoms with Crippen LogP contribution in [0.5, 0.6) is 5.75 Å². The van der Waals surface area contributed by atoms with Crippen LogP contribution >= 0.6 is 11.6 Å². The molecule has 0 amide bonds. The maximum Gasteiger partial charge on any atom is 0.120 e. The molecule has 0 bridgehead atoms. The third kappa shape index (κ3) is 1.45. The molecule has 0 spiro atoms. The first-order valence-electron chi connectivity index (χ1n) is 3.92. The predicted molar refractivity (Wildman–Crippen MR) is 53.2 cm³/mol. The molecule has 13 heavy (non-hydrogen) atoms. The van der Waals surface area contributed by atoms with Gasteiger partial charge in [0.15, 0.2) is 0 Å². The summed E-state index contributed by atoms with van der Waals surface area (Å²) >= 11 is 5.79. The Morgan fingerprint density at radius 3 is 2.85 bits per heavy atom. The Labute approximate surface area is 80.8 Å². The van der Waals surface area contributed by atoms with Crippen molar-refractivity contribution in [2.24, 2.45) is 0 Å². The van der Waals surface area contributed by atoms with E-state index in [0.717, 1.165) is 16.5 Å². The largest absolute Gasteiger partial charge is 0.508 e. The van der Waals surface area contributed by atoms with Gasteiger partial charge in [0, 0.05) is 17.6 Å². The van der Waals surface area contributed by atoms with Crippen molar-refractivity contribution in [2.75, 3.05) is 0 Å². The Balaban J connectivity index is 2.81. The highest BCUT2D eigenvalue weighted by Crippen LogP contribution is 2.24. The number of rotatable bonds is 0. The number of halogens is 1. The number of hydrogen-bond acceptors (Lipinski definition) is 2. The summed E-state index contributed by atoms with van der Waals surface area (Å²) in [5.74, 6) is 0.266. The van der Waals surface area contributed by atoms with E-state index in [1.165, 1.54) is 0 Å². The van der Waals surface area contributed by atoms with Crippen LogP contribution in [0.15, 0.2) is 24.4 Å². The molecule has 0 aliphatic rings. The Kier molecular flexibility index (Phi) is 1.85. The van der Waals surface area contributed by atoms with Crippen molar-refractivity contribution in [3.63, 3.8) is 0 Å². The molecule has 1 N–H and O–H groups in total. The molecule has 0 unspecified atom stereocenters. The van der Waals surface area contributed by atoms with Crippen molar-refractivity contribution >= 4 is 22.5 Å². The van der Waals surface area contributed by atoms with Crippen LogP contribution in [-0.2, 0) is 0 Å². The molecule has 2 aromatic rings. The van der Waals surface area contributed by atoms with Gasteiger partial charge in [-0.1, -0.05) is 11.6 Å². The van der Waals surface area contributed by atoms with Crippen LogP contribution < -0.4 is 0 Å². The summed E-state index contributed by atoms with van der Waals surface area (Å²) in [6, 6.07) is 5.33. The second kappa shape index (κ2) is 2.89. The lowest BCUT2D eigenvalue weighted by atomic mass is 10.1. The van der Waals surface area contributed by atoms with Crippen LogP contribution in [0.4, 0.5) is 0 Å². The van der Waals surface area contributed by atoms with E-state index in [1.54, 1.807) is 12.3 Å². The number of aromatic hydroxyl groups is 1. The number of fused-ring (bicyclic) bond motifs is 1. The monoisotopic (exact) mass is 193 g/mol. The molecular formula is C10H8ClNO. The van der Waals surface area contributed by atoms with E-state index >= 15 is 0 Å². The van der Waals surface area contributed by atoms with Gasteiger partial charge in [0.1, 0.15) is 5.75 Å². The van der Waals surface area contributed by atoms with Crippen molar-refractivity contribution in [3.05, 3.63) is 35.0 Å². The van der Waals surface area contributed by atoms with Crippen molar-refractivity contribution < 1.29 is 5.11 Å². The molecule has 1 heterocycles. The van der Waals surface area contributed by atoms with Gasteiger partial charge in [-0.25, -0.2) is 0 Å². The summed E-state index contributed by atoms with van der Waals surface area (Å²) in [5, 5.41) is 11.0. The average Bonchev–Trinajstić information content (AvgIpc) is 2.08. The second-order valence-electron chi connectivity index (χ2n) is 2.98. The van der Waals surface area contributed by atoms with Gasteiger partial charge >= 0.3 is 0 Å². The lowest BCUT2D eigenvalue weighted by Crippen LogP contribution is -1.81. The number of phenolic OH excluding ortho intramolecular Hbond substituents is 1. The van der Waals surface area contributed by atoms with Gasteiger partial charge in [0.2, 0.25) is 0 Å². The highest BCUT2D eigenvalue weighted by Gasteiger charge is 2.00. The van der Waals surface area contributed by atoms with Crippen molar-refractivity contribution in [2.45, 2.75) is 6.92 Å². The zero-order valence-corrected chi connectivity index (χ0v) is 7.84. The fraction of sp³-hybridized carbons (Fsp3) is 0.100. The molecule has 2 rings (SSSR count). The van der Waals surface area contributed by atoms with Crippen LogP contribution in [0.3, 0.4) is 0 Å². The fourth-order valence-corrected chi connectivity index (χ4v) is 1.42. The van der Waals surface area contributed by atoms with Gasteiger partial charge in [-0.3, -0.25) is 4.98 Å². The fourth-order valence-electron chi connectivity index (χ4n) is 1.25. The first kappa shape index (κ1) is 8.32. The zero-order chi connectivity index (χ0) is 9.42. The number of phenols is 1. The van der Waals surface area contributed by atoms with Crippen molar-refractivity contribution in [1.29, 1.82) is 0 Å². The molecule has 0 radical (unpaired) electrons. The average molecular weight is 194 g/mol. The second-order valence-corrected chi connectivity index (χ2v) is 3.42. The quantitative estimate of drug-likeness (QED) is 0.698. The van der Waals surface area contributed by atoms with Gasteiger partial charge in [-0.15, -0.1) is 0 Å². The Bertz CT molecular complexity index is 468. The van der Waals surface area contributed by atoms with Crippen LogP contribution in [-0.4, -0.2) is 10.1 Å². The van der Waals surface area contributed by atoms with Gasteiger partial charge in [-0.05, 0) is 24.6 Å². The number of aromatic nitrogens is 1. The summed E-state index contributed by atoms with van der Waals surface area (Å²) in [6.45, 7) is 1.84. The number of benzene rings is 1. The van der Waals surface area contributed by atoms with E-state index in [9.17, 15) is 5.11 Å². The maximum absolute atomic E-state index is 9.41. The van der Waals surface area contributed by atoms with Gasteiger partial charge in [0.25, 0.3) is 0 Å². The first-order chi connectivity index (χ1) is 6.16. The SMILES string of the molecule is Cc1cc2cc(Cl)cnc2cc1O. The van der Waals surface area contributed by atoms with E-state index in [-0.39, 0.29) is 5.75 Å². The normalized spacial score (nSPS) is 10.6. The standard InChI is InChI=1S/C10H8ClNO/c1-6-2-7-3-8(11)5-12-9(7)4-10(6)13/h2-5,13H,1H3. The lowest BCUT2D eigenvalue weighted by Gasteiger charge is -2.01. The molecule has 66 valence electrons. The van der Waals surface area contributed by atoms with E-state index < -0.39 is 0 Å². The van der Waals surface area contributed by atoms with E-state index in [0.29, 0.717) is 5.02 Å². The third-order valence-corrected chi connectivity index (χ3v) is 2.17. The van der Waals surface area contributed by atoms with Crippen LogP contribution in [0.2, 0.25) is 5.02 Å². The molecule has 1 aromatic heterocycles. The number of pyridine rings is 1. The summed E-state index contributed by atoms with van der Waals surface area (Å²) in [4.78, 5) is 4.09. The first-order valence-corrected chi connectivity index (χ1v) is 4.29. The van der Waals surface area contributed by atoms with Crippen LogP contribution in [0.25, 0.3) is 10.9 Å². The molecule has 0 saturated carbocycles. The smallest absolute Gasteiger partial charge is 0.120 e. The summed E-state index contributed by atoms with van der Waals surface area (Å²) in [6.07, 6.45) is 1.57. The Morgan fingerprint density at radius 2 is 2.08 bits per heavy atom. The highest BCUT2D eigenvalue weighted by atomic mass is 35.5. The minimum absolute atomic E-state index is 0.266. The van der Waals surface area contributed by atoms with E-state index in [2.05, 4.69) is 4.98 Å². The molecule has 0 aliphatic carbocycles. The zero-order valence-electron chi connectivity index (χ0n) is 7.08. The summed E-state index contributed by atoms with van der Waals surface area (Å²) in [5.41, 5.74) is 1.59. The summed E-state index contributed by atoms with van der Waals surface area (Å²) in [7, 11) is 0.